The molecule has 0 aliphatic heterocycles. The van der Waals surface area contributed by atoms with Gasteiger partial charge in [-0.1, -0.05) is 11.3 Å². The van der Waals surface area contributed by atoms with Gasteiger partial charge in [0.2, 0.25) is 5.89 Å². The van der Waals surface area contributed by atoms with Gasteiger partial charge >= 0.3 is 0 Å². The van der Waals surface area contributed by atoms with Crippen molar-refractivity contribution in [3.63, 3.8) is 0 Å². The number of hydrogen-bond acceptors (Lipinski definition) is 5. The zero-order chi connectivity index (χ0) is 13.7. The van der Waals surface area contributed by atoms with Gasteiger partial charge in [-0.3, -0.25) is 4.40 Å². The fraction of sp³-hybridized carbons (Fsp3) is 0.143. The molecule has 3 aromatic heterocycles. The maximum Gasteiger partial charge on any atom is 0.245 e. The van der Waals surface area contributed by atoms with Gasteiger partial charge in [0.05, 0.1) is 29.7 Å². The first-order valence-corrected chi connectivity index (χ1v) is 6.95. The summed E-state index contributed by atoms with van der Waals surface area (Å²) in [5.41, 5.74) is 1.94. The molecule has 20 heavy (non-hydrogen) atoms. The summed E-state index contributed by atoms with van der Waals surface area (Å²) in [4.78, 5) is 9.63. The molecule has 6 heteroatoms. The standard InChI is InChI=1S/C14H11N3O2S/c1-8-6-15-13(19-8)11-7-16-14-17(11)10-4-3-9(18-2)5-12(10)20-14/h3-7H,1-2H3. The monoisotopic (exact) mass is 285 g/mol. The molecule has 4 rings (SSSR count). The van der Waals surface area contributed by atoms with Crippen LogP contribution in [0.15, 0.2) is 35.0 Å². The van der Waals surface area contributed by atoms with Crippen molar-refractivity contribution in [2.24, 2.45) is 0 Å². The summed E-state index contributed by atoms with van der Waals surface area (Å²) in [7, 11) is 1.67. The predicted molar refractivity (Wildman–Crippen MR) is 77.4 cm³/mol. The third kappa shape index (κ3) is 1.55. The minimum atomic E-state index is 0.588. The third-order valence-corrected chi connectivity index (χ3v) is 4.20. The Bertz CT molecular complexity index is 919. The highest BCUT2D eigenvalue weighted by Crippen LogP contribution is 2.33. The number of aromatic nitrogens is 3. The number of aryl methyl sites for hydroxylation is 1. The van der Waals surface area contributed by atoms with Gasteiger partial charge in [0.1, 0.15) is 17.2 Å². The summed E-state index contributed by atoms with van der Waals surface area (Å²) in [5, 5.41) is 0. The van der Waals surface area contributed by atoms with E-state index in [1.165, 1.54) is 0 Å². The minimum Gasteiger partial charge on any atom is -0.497 e. The number of oxazole rings is 1. The number of benzene rings is 1. The molecule has 0 radical (unpaired) electrons. The Morgan fingerprint density at radius 1 is 1.25 bits per heavy atom. The van der Waals surface area contributed by atoms with Crippen LogP contribution in [0.25, 0.3) is 26.8 Å². The van der Waals surface area contributed by atoms with Crippen LogP contribution in [0.2, 0.25) is 0 Å². The molecule has 4 aromatic rings. The van der Waals surface area contributed by atoms with E-state index in [2.05, 4.69) is 14.4 Å². The van der Waals surface area contributed by atoms with Gasteiger partial charge in [-0.2, -0.15) is 0 Å². The van der Waals surface area contributed by atoms with Gasteiger partial charge in [-0.15, -0.1) is 0 Å². The highest BCUT2D eigenvalue weighted by molar-refractivity contribution is 7.23. The van der Waals surface area contributed by atoms with Crippen LogP contribution in [0.5, 0.6) is 5.75 Å². The molecule has 0 aliphatic carbocycles. The molecule has 0 saturated heterocycles. The van der Waals surface area contributed by atoms with Crippen LogP contribution in [-0.2, 0) is 0 Å². The van der Waals surface area contributed by atoms with Gasteiger partial charge in [0.25, 0.3) is 0 Å². The molecule has 0 unspecified atom stereocenters. The maximum atomic E-state index is 5.61. The summed E-state index contributed by atoms with van der Waals surface area (Å²) in [5.74, 6) is 2.22. The number of thiazole rings is 1. The van der Waals surface area contributed by atoms with Crippen molar-refractivity contribution in [2.75, 3.05) is 7.11 Å². The van der Waals surface area contributed by atoms with Crippen LogP contribution in [-0.4, -0.2) is 21.5 Å². The molecule has 0 fully saturated rings. The van der Waals surface area contributed by atoms with E-state index in [4.69, 9.17) is 9.15 Å². The van der Waals surface area contributed by atoms with E-state index in [0.717, 1.165) is 32.4 Å². The van der Waals surface area contributed by atoms with Crippen LogP contribution in [0.3, 0.4) is 0 Å². The molecule has 3 heterocycles. The first-order chi connectivity index (χ1) is 9.76. The molecule has 0 amide bonds. The average molecular weight is 285 g/mol. The Balaban J connectivity index is 2.03. The number of imidazole rings is 1. The topological polar surface area (TPSA) is 52.6 Å². The molecule has 0 aliphatic rings. The van der Waals surface area contributed by atoms with Crippen molar-refractivity contribution >= 4 is 26.5 Å². The van der Waals surface area contributed by atoms with Gasteiger partial charge in [0.15, 0.2) is 4.96 Å². The number of methoxy groups -OCH3 is 1. The van der Waals surface area contributed by atoms with E-state index in [1.807, 2.05) is 25.1 Å². The van der Waals surface area contributed by atoms with Gasteiger partial charge < -0.3 is 9.15 Å². The van der Waals surface area contributed by atoms with Crippen LogP contribution < -0.4 is 4.74 Å². The molecule has 0 N–H and O–H groups in total. The highest BCUT2D eigenvalue weighted by Gasteiger charge is 2.15. The Labute approximate surface area is 118 Å². The SMILES string of the molecule is COc1ccc2c(c1)sc1ncc(-c3ncc(C)o3)n12. The van der Waals surface area contributed by atoms with Crippen molar-refractivity contribution in [1.29, 1.82) is 0 Å². The number of fused-ring (bicyclic) bond motifs is 3. The molecular weight excluding hydrogens is 274 g/mol. The Hall–Kier alpha value is -2.34. The number of ether oxygens (including phenoxy) is 1. The maximum absolute atomic E-state index is 5.61. The third-order valence-electron chi connectivity index (χ3n) is 3.18. The molecular formula is C14H11N3O2S. The van der Waals surface area contributed by atoms with Crippen LogP contribution in [0, 0.1) is 6.92 Å². The van der Waals surface area contributed by atoms with Gasteiger partial charge in [-0.05, 0) is 25.1 Å². The van der Waals surface area contributed by atoms with Crippen molar-refractivity contribution < 1.29 is 9.15 Å². The number of rotatable bonds is 2. The molecule has 0 bridgehead atoms. The normalized spacial score (nSPS) is 11.5. The summed E-state index contributed by atoms with van der Waals surface area (Å²) < 4.78 is 14.0. The molecule has 1 aromatic carbocycles. The van der Waals surface area contributed by atoms with Crippen molar-refractivity contribution in [2.45, 2.75) is 6.92 Å². The summed E-state index contributed by atoms with van der Waals surface area (Å²) in [6, 6.07) is 5.98. The lowest BCUT2D eigenvalue weighted by atomic mass is 10.3. The average Bonchev–Trinajstić information content (AvgIpc) is 3.12. The quantitative estimate of drug-likeness (QED) is 0.565. The van der Waals surface area contributed by atoms with Gasteiger partial charge in [0, 0.05) is 0 Å². The van der Waals surface area contributed by atoms with Crippen LogP contribution >= 0.6 is 11.3 Å². The summed E-state index contributed by atoms with van der Waals surface area (Å²) in [6.45, 7) is 1.88. The predicted octanol–water partition coefficient (Wildman–Crippen LogP) is 3.52. The van der Waals surface area contributed by atoms with E-state index in [9.17, 15) is 0 Å². The smallest absolute Gasteiger partial charge is 0.245 e. The van der Waals surface area contributed by atoms with E-state index in [-0.39, 0.29) is 0 Å². The van der Waals surface area contributed by atoms with Gasteiger partial charge in [-0.25, -0.2) is 9.97 Å². The van der Waals surface area contributed by atoms with E-state index < -0.39 is 0 Å². The Morgan fingerprint density at radius 3 is 2.90 bits per heavy atom. The van der Waals surface area contributed by atoms with E-state index >= 15 is 0 Å². The fourth-order valence-corrected chi connectivity index (χ4v) is 3.28. The van der Waals surface area contributed by atoms with Crippen molar-refractivity contribution in [1.82, 2.24) is 14.4 Å². The molecule has 0 atom stereocenters. The fourth-order valence-electron chi connectivity index (χ4n) is 2.25. The van der Waals surface area contributed by atoms with Crippen molar-refractivity contribution in [3.05, 3.63) is 36.4 Å². The van der Waals surface area contributed by atoms with E-state index in [1.54, 1.807) is 30.8 Å². The number of hydrogen-bond donors (Lipinski definition) is 0. The van der Waals surface area contributed by atoms with Crippen molar-refractivity contribution in [3.8, 4) is 17.3 Å². The second-order valence-corrected chi connectivity index (χ2v) is 5.48. The first kappa shape index (κ1) is 11.5. The zero-order valence-corrected chi connectivity index (χ0v) is 11.8. The molecule has 0 saturated carbocycles. The Kier molecular flexibility index (Phi) is 2.34. The van der Waals surface area contributed by atoms with E-state index in [0.29, 0.717) is 5.89 Å². The largest absolute Gasteiger partial charge is 0.497 e. The lowest BCUT2D eigenvalue weighted by Gasteiger charge is -1.99. The lowest BCUT2D eigenvalue weighted by molar-refractivity contribution is 0.415. The highest BCUT2D eigenvalue weighted by atomic mass is 32.1. The second kappa shape index (κ2) is 4.08. The molecule has 0 spiro atoms. The summed E-state index contributed by atoms with van der Waals surface area (Å²) in [6.07, 6.45) is 3.51. The minimum absolute atomic E-state index is 0.588. The first-order valence-electron chi connectivity index (χ1n) is 6.13. The molecule has 5 nitrogen and oxygen atoms in total. The number of nitrogens with zero attached hydrogens (tertiary/aromatic N) is 3. The Morgan fingerprint density at radius 2 is 2.15 bits per heavy atom. The van der Waals surface area contributed by atoms with Crippen LogP contribution in [0.4, 0.5) is 0 Å². The second-order valence-electron chi connectivity index (χ2n) is 4.47. The van der Waals surface area contributed by atoms with Crippen LogP contribution in [0.1, 0.15) is 5.76 Å². The lowest BCUT2D eigenvalue weighted by Crippen LogP contribution is -1.86. The molecule has 100 valence electrons. The zero-order valence-electron chi connectivity index (χ0n) is 11.0. The summed E-state index contributed by atoms with van der Waals surface area (Å²) >= 11 is 1.62.